The van der Waals surface area contributed by atoms with Gasteiger partial charge in [0.15, 0.2) is 5.75 Å². The molecule has 14 heteroatoms. The van der Waals surface area contributed by atoms with Crippen LogP contribution in [0.1, 0.15) is 28.8 Å². The van der Waals surface area contributed by atoms with Gasteiger partial charge in [0.05, 0.1) is 17.1 Å². The van der Waals surface area contributed by atoms with Crippen LogP contribution < -0.4 is 16.4 Å². The summed E-state index contributed by atoms with van der Waals surface area (Å²) >= 11 is 0. The molecule has 1 aliphatic rings. The number of nitrogens with zero attached hydrogens (tertiary/aromatic N) is 2. The number of aliphatic carboxylic acids is 1. The lowest BCUT2D eigenvalue weighted by Crippen LogP contribution is -2.56. The number of phenolic OH excluding ortho intramolecular Hbond substituents is 1. The maximum atomic E-state index is 13.1. The Kier molecular flexibility index (Phi) is 8.81. The van der Waals surface area contributed by atoms with Gasteiger partial charge in [-0.15, -0.1) is 0 Å². The highest BCUT2D eigenvalue weighted by atomic mass is 16.6. The molecule has 1 heterocycles. The summed E-state index contributed by atoms with van der Waals surface area (Å²) < 4.78 is 0. The van der Waals surface area contributed by atoms with Gasteiger partial charge in [0.2, 0.25) is 11.8 Å². The standard InChI is InChI=1S/C24H27N5O9/c25-15-5-2-1-4-14(15)21(32)27-17(12-30)23(34)28-9-3-6-18(28)22(33)26-16(24(35)36)10-13-7-8-20(31)19(11-13)29(37)38/h1-2,4-5,7-8,11,16-18,30-31H,3,6,9-10,12,25H2,(H,26,33)(H,27,32)(H,35,36)/t16-,17-,18-/m0/s1. The minimum atomic E-state index is -1.49. The molecule has 3 atom stereocenters. The maximum Gasteiger partial charge on any atom is 0.326 e. The number of carboxylic acid groups (broad SMARTS) is 1. The van der Waals surface area contributed by atoms with E-state index >= 15 is 0 Å². The van der Waals surface area contributed by atoms with Crippen molar-refractivity contribution in [1.82, 2.24) is 15.5 Å². The van der Waals surface area contributed by atoms with Gasteiger partial charge < -0.3 is 36.6 Å². The molecule has 2 aromatic carbocycles. The van der Waals surface area contributed by atoms with E-state index in [1.54, 1.807) is 12.1 Å². The van der Waals surface area contributed by atoms with Crippen LogP contribution in [0.3, 0.4) is 0 Å². The summed E-state index contributed by atoms with van der Waals surface area (Å²) in [6.45, 7) is -0.613. The number of hydrogen-bond acceptors (Lipinski definition) is 9. The van der Waals surface area contributed by atoms with Crippen LogP contribution in [0.5, 0.6) is 5.75 Å². The smallest absolute Gasteiger partial charge is 0.326 e. The predicted octanol–water partition coefficient (Wildman–Crippen LogP) is -0.224. The number of nitro benzene ring substituents is 1. The van der Waals surface area contributed by atoms with E-state index in [2.05, 4.69) is 10.6 Å². The van der Waals surface area contributed by atoms with Crippen molar-refractivity contribution in [3.05, 3.63) is 63.7 Å². The number of hydrogen-bond donors (Lipinski definition) is 6. The van der Waals surface area contributed by atoms with Crippen LogP contribution in [-0.2, 0) is 20.8 Å². The first kappa shape index (κ1) is 27.9. The molecule has 0 aromatic heterocycles. The average molecular weight is 530 g/mol. The predicted molar refractivity (Wildman–Crippen MR) is 132 cm³/mol. The Morgan fingerprint density at radius 1 is 1.13 bits per heavy atom. The summed E-state index contributed by atoms with van der Waals surface area (Å²) in [5.41, 5.74) is 5.64. The van der Waals surface area contributed by atoms with Gasteiger partial charge in [-0.05, 0) is 36.6 Å². The fourth-order valence-electron chi connectivity index (χ4n) is 4.17. The summed E-state index contributed by atoms with van der Waals surface area (Å²) in [5.74, 6) is -4.19. The Balaban J connectivity index is 1.71. The molecule has 3 amide bonds. The SMILES string of the molecule is Nc1ccccc1C(=O)N[C@@H](CO)C(=O)N1CCC[C@H]1C(=O)N[C@@H](Cc1ccc(O)c([N+](=O)[O-])c1)C(=O)O. The van der Waals surface area contributed by atoms with E-state index in [9.17, 15) is 44.6 Å². The molecule has 14 nitrogen and oxygen atoms in total. The van der Waals surface area contributed by atoms with Crippen LogP contribution >= 0.6 is 0 Å². The highest BCUT2D eigenvalue weighted by molar-refractivity contribution is 6.02. The first-order chi connectivity index (χ1) is 18.0. The van der Waals surface area contributed by atoms with Crippen molar-refractivity contribution in [3.63, 3.8) is 0 Å². The highest BCUT2D eigenvalue weighted by Crippen LogP contribution is 2.27. The Labute approximate surface area is 216 Å². The molecule has 0 spiro atoms. The fourth-order valence-corrected chi connectivity index (χ4v) is 4.17. The Morgan fingerprint density at radius 2 is 1.84 bits per heavy atom. The molecule has 7 N–H and O–H groups in total. The van der Waals surface area contributed by atoms with E-state index < -0.39 is 64.8 Å². The van der Waals surface area contributed by atoms with Gasteiger partial charge in [-0.1, -0.05) is 18.2 Å². The number of benzene rings is 2. The van der Waals surface area contributed by atoms with Gasteiger partial charge in [0.25, 0.3) is 5.91 Å². The number of nitrogens with two attached hydrogens (primary N) is 1. The molecule has 3 rings (SSSR count). The van der Waals surface area contributed by atoms with Crippen LogP contribution in [0.2, 0.25) is 0 Å². The second-order valence-electron chi connectivity index (χ2n) is 8.67. The van der Waals surface area contributed by atoms with Crippen LogP contribution in [-0.4, -0.2) is 80.1 Å². The minimum Gasteiger partial charge on any atom is -0.502 e. The zero-order valence-corrected chi connectivity index (χ0v) is 20.1. The Bertz CT molecular complexity index is 1250. The zero-order valence-electron chi connectivity index (χ0n) is 20.1. The largest absolute Gasteiger partial charge is 0.502 e. The van der Waals surface area contributed by atoms with Gasteiger partial charge in [0, 0.05) is 24.7 Å². The number of nitrogen functional groups attached to an aromatic ring is 1. The lowest BCUT2D eigenvalue weighted by atomic mass is 10.0. The molecule has 202 valence electrons. The molecule has 1 saturated heterocycles. The number of likely N-dealkylation sites (tertiary alicyclic amines) is 1. The van der Waals surface area contributed by atoms with Crippen molar-refractivity contribution in [3.8, 4) is 5.75 Å². The van der Waals surface area contributed by atoms with Crippen molar-refractivity contribution < 1.29 is 39.4 Å². The lowest BCUT2D eigenvalue weighted by Gasteiger charge is -2.29. The van der Waals surface area contributed by atoms with E-state index in [1.165, 1.54) is 18.2 Å². The second-order valence-corrected chi connectivity index (χ2v) is 8.67. The molecule has 0 saturated carbocycles. The number of nitrogens with one attached hydrogen (secondary N) is 2. The molecule has 0 radical (unpaired) electrons. The van der Waals surface area contributed by atoms with Gasteiger partial charge in [-0.2, -0.15) is 0 Å². The highest BCUT2D eigenvalue weighted by Gasteiger charge is 2.39. The van der Waals surface area contributed by atoms with Crippen molar-refractivity contribution in [2.24, 2.45) is 0 Å². The zero-order chi connectivity index (χ0) is 28.0. The first-order valence-corrected chi connectivity index (χ1v) is 11.6. The number of carbonyl (C=O) groups is 4. The average Bonchev–Trinajstić information content (AvgIpc) is 3.37. The third-order valence-corrected chi connectivity index (χ3v) is 6.12. The van der Waals surface area contributed by atoms with E-state index in [1.807, 2.05) is 0 Å². The molecule has 1 fully saturated rings. The Morgan fingerprint density at radius 3 is 2.47 bits per heavy atom. The quantitative estimate of drug-likeness (QED) is 0.135. The number of aromatic hydroxyl groups is 1. The summed E-state index contributed by atoms with van der Waals surface area (Å²) in [7, 11) is 0. The lowest BCUT2D eigenvalue weighted by molar-refractivity contribution is -0.385. The monoisotopic (exact) mass is 529 g/mol. The number of anilines is 1. The molecule has 1 aliphatic heterocycles. The second kappa shape index (κ2) is 12.0. The number of phenols is 1. The normalized spacial score (nSPS) is 16.3. The number of amides is 3. The van der Waals surface area contributed by atoms with E-state index in [4.69, 9.17) is 5.73 Å². The van der Waals surface area contributed by atoms with Crippen LogP contribution in [0, 0.1) is 10.1 Å². The third-order valence-electron chi connectivity index (χ3n) is 6.12. The number of carboxylic acids is 1. The number of nitro groups is 1. The number of aliphatic hydroxyl groups excluding tert-OH is 1. The summed E-state index contributed by atoms with van der Waals surface area (Å²) in [6.07, 6.45) is 0.312. The third kappa shape index (κ3) is 6.34. The maximum absolute atomic E-state index is 13.1. The molecule has 38 heavy (non-hydrogen) atoms. The number of carbonyl (C=O) groups excluding carboxylic acids is 3. The molecule has 0 bridgehead atoms. The van der Waals surface area contributed by atoms with Crippen LogP contribution in [0.4, 0.5) is 11.4 Å². The summed E-state index contributed by atoms with van der Waals surface area (Å²) in [5, 5.41) is 44.8. The summed E-state index contributed by atoms with van der Waals surface area (Å²) in [6, 6.07) is 5.59. The molecule has 0 unspecified atom stereocenters. The van der Waals surface area contributed by atoms with E-state index in [0.717, 1.165) is 17.0 Å². The van der Waals surface area contributed by atoms with E-state index in [-0.39, 0.29) is 36.2 Å². The molecular formula is C24H27N5O9. The number of rotatable bonds is 10. The van der Waals surface area contributed by atoms with Crippen molar-refractivity contribution >= 4 is 35.1 Å². The van der Waals surface area contributed by atoms with Crippen molar-refractivity contribution in [2.45, 2.75) is 37.4 Å². The van der Waals surface area contributed by atoms with Gasteiger partial charge >= 0.3 is 11.7 Å². The molecular weight excluding hydrogens is 502 g/mol. The molecule has 0 aliphatic carbocycles. The van der Waals surface area contributed by atoms with Crippen molar-refractivity contribution in [2.75, 3.05) is 18.9 Å². The first-order valence-electron chi connectivity index (χ1n) is 11.6. The van der Waals surface area contributed by atoms with Gasteiger partial charge in [0.1, 0.15) is 18.1 Å². The van der Waals surface area contributed by atoms with Gasteiger partial charge in [-0.25, -0.2) is 4.79 Å². The minimum absolute atomic E-state index is 0.105. The number of para-hydroxylation sites is 1. The van der Waals surface area contributed by atoms with E-state index in [0.29, 0.717) is 6.42 Å². The topological polar surface area (TPSA) is 225 Å². The fraction of sp³-hybridized carbons (Fsp3) is 0.333. The van der Waals surface area contributed by atoms with Crippen LogP contribution in [0.25, 0.3) is 0 Å². The van der Waals surface area contributed by atoms with Crippen LogP contribution in [0.15, 0.2) is 42.5 Å². The van der Waals surface area contributed by atoms with Crippen molar-refractivity contribution in [1.29, 1.82) is 0 Å². The number of aliphatic hydroxyl groups is 1. The van der Waals surface area contributed by atoms with Gasteiger partial charge in [-0.3, -0.25) is 24.5 Å². The molecule has 2 aromatic rings. The summed E-state index contributed by atoms with van der Waals surface area (Å²) in [4.78, 5) is 61.9. The Hall–Kier alpha value is -4.72.